The van der Waals surface area contributed by atoms with Crippen LogP contribution in [0.4, 0.5) is 10.1 Å². The van der Waals surface area contributed by atoms with Crippen LogP contribution in [0.15, 0.2) is 12.1 Å². The summed E-state index contributed by atoms with van der Waals surface area (Å²) in [6, 6.07) is 1.61. The minimum atomic E-state index is -0.251. The van der Waals surface area contributed by atoms with Gasteiger partial charge in [-0.2, -0.15) is 0 Å². The number of fused-ring (bicyclic) bond motifs is 1. The Bertz CT molecular complexity index is 362. The van der Waals surface area contributed by atoms with Crippen molar-refractivity contribution in [2.75, 3.05) is 18.5 Å². The maximum Gasteiger partial charge on any atom is 0.126 e. The number of halogens is 1. The lowest BCUT2D eigenvalue weighted by Crippen LogP contribution is -2.12. The largest absolute Gasteiger partial charge is 0.374 e. The van der Waals surface area contributed by atoms with Crippen LogP contribution in [-0.2, 0) is 6.42 Å². The van der Waals surface area contributed by atoms with Crippen molar-refractivity contribution in [2.45, 2.75) is 13.3 Å². The van der Waals surface area contributed by atoms with Gasteiger partial charge >= 0.3 is 0 Å². The summed E-state index contributed by atoms with van der Waals surface area (Å²) >= 11 is 0. The molecule has 2 heteroatoms. The summed E-state index contributed by atoms with van der Waals surface area (Å²) < 4.78 is 20.9. The molecule has 0 saturated heterocycles. The lowest BCUT2D eigenvalue weighted by molar-refractivity contribution is 0.617. The second-order valence-electron chi connectivity index (χ2n) is 3.26. The molecule has 0 radical (unpaired) electrons. The smallest absolute Gasteiger partial charge is 0.126 e. The molecule has 1 aliphatic rings. The van der Waals surface area contributed by atoms with Gasteiger partial charge in [-0.3, -0.25) is 0 Å². The number of hydrogen-bond donors (Lipinski definition) is 0. The molecule has 1 heterocycles. The number of likely N-dealkylation sites (N-methyl/N-ethyl adjacent to an activating group) is 1. The molecule has 0 spiro atoms. The molecule has 1 aromatic carbocycles. The standard InChI is InChI=1S/C10H12FN/c1-7-8-5-6-12(2)10(8)4-3-9(7)11/h3-4H,5-6H2,1-2H3/i4D. The van der Waals surface area contributed by atoms with Gasteiger partial charge in [0.25, 0.3) is 0 Å². The predicted octanol–water partition coefficient (Wildman–Crippen LogP) is 2.13. The van der Waals surface area contributed by atoms with Crippen molar-refractivity contribution in [1.82, 2.24) is 0 Å². The second kappa shape index (κ2) is 2.47. The molecule has 0 amide bonds. The van der Waals surface area contributed by atoms with Crippen LogP contribution in [0.5, 0.6) is 0 Å². The average molecular weight is 166 g/mol. The highest BCUT2D eigenvalue weighted by atomic mass is 19.1. The Morgan fingerprint density at radius 1 is 1.67 bits per heavy atom. The molecule has 0 fully saturated rings. The monoisotopic (exact) mass is 166 g/mol. The lowest BCUT2D eigenvalue weighted by atomic mass is 10.1. The van der Waals surface area contributed by atoms with Gasteiger partial charge in [0.2, 0.25) is 0 Å². The first-order chi connectivity index (χ1) is 6.11. The van der Waals surface area contributed by atoms with Gasteiger partial charge in [-0.05, 0) is 36.6 Å². The van der Waals surface area contributed by atoms with Gasteiger partial charge in [-0.25, -0.2) is 4.39 Å². The maximum absolute atomic E-state index is 13.2. The van der Waals surface area contributed by atoms with Crippen molar-refractivity contribution in [3.63, 3.8) is 0 Å². The zero-order valence-corrected chi connectivity index (χ0v) is 7.32. The molecular weight excluding hydrogens is 153 g/mol. The second-order valence-corrected chi connectivity index (χ2v) is 3.26. The first-order valence-corrected chi connectivity index (χ1v) is 4.11. The number of rotatable bonds is 0. The molecule has 0 aliphatic carbocycles. The van der Waals surface area contributed by atoms with E-state index in [9.17, 15) is 4.39 Å². The maximum atomic E-state index is 13.2. The van der Waals surface area contributed by atoms with E-state index in [1.54, 1.807) is 6.92 Å². The van der Waals surface area contributed by atoms with E-state index in [4.69, 9.17) is 1.37 Å². The number of anilines is 1. The van der Waals surface area contributed by atoms with E-state index in [2.05, 4.69) is 0 Å². The summed E-state index contributed by atoms with van der Waals surface area (Å²) in [6.07, 6.45) is 0.862. The van der Waals surface area contributed by atoms with Crippen LogP contribution in [0.25, 0.3) is 0 Å². The topological polar surface area (TPSA) is 3.24 Å². The van der Waals surface area contributed by atoms with Crippen LogP contribution in [0.1, 0.15) is 12.5 Å². The van der Waals surface area contributed by atoms with Crippen molar-refractivity contribution >= 4 is 5.69 Å². The van der Waals surface area contributed by atoms with Crippen LogP contribution < -0.4 is 4.90 Å². The Morgan fingerprint density at radius 2 is 2.42 bits per heavy atom. The van der Waals surface area contributed by atoms with Gasteiger partial charge < -0.3 is 4.90 Å². The van der Waals surface area contributed by atoms with Crippen LogP contribution >= 0.6 is 0 Å². The fourth-order valence-corrected chi connectivity index (χ4v) is 1.69. The molecule has 0 aromatic heterocycles. The minimum absolute atomic E-state index is 0.251. The molecule has 0 saturated carbocycles. The van der Waals surface area contributed by atoms with Crippen LogP contribution in [0.2, 0.25) is 0 Å². The van der Waals surface area contributed by atoms with Gasteiger partial charge in [-0.15, -0.1) is 0 Å². The summed E-state index contributed by atoms with van der Waals surface area (Å²) in [4.78, 5) is 2.02. The Kier molecular flexibility index (Phi) is 1.33. The van der Waals surface area contributed by atoms with Crippen molar-refractivity contribution in [3.05, 3.63) is 29.1 Å². The summed E-state index contributed by atoms with van der Waals surface area (Å²) in [6.45, 7) is 2.68. The fourth-order valence-electron chi connectivity index (χ4n) is 1.69. The third-order valence-corrected chi connectivity index (χ3v) is 2.51. The zero-order valence-electron chi connectivity index (χ0n) is 8.32. The highest BCUT2D eigenvalue weighted by molar-refractivity contribution is 5.60. The molecular formula is C10H12FN. The van der Waals surface area contributed by atoms with E-state index in [1.165, 1.54) is 6.07 Å². The molecule has 1 nitrogen and oxygen atoms in total. The van der Waals surface area contributed by atoms with E-state index in [-0.39, 0.29) is 5.82 Å². The Morgan fingerprint density at radius 3 is 3.17 bits per heavy atom. The molecule has 64 valence electrons. The molecule has 12 heavy (non-hydrogen) atoms. The van der Waals surface area contributed by atoms with E-state index in [0.29, 0.717) is 11.6 Å². The van der Waals surface area contributed by atoms with Crippen molar-refractivity contribution < 1.29 is 5.76 Å². The normalized spacial score (nSPS) is 16.2. The van der Waals surface area contributed by atoms with Crippen LogP contribution in [0.3, 0.4) is 0 Å². The van der Waals surface area contributed by atoms with Gasteiger partial charge in [0.15, 0.2) is 0 Å². The van der Waals surface area contributed by atoms with E-state index < -0.39 is 0 Å². The summed E-state index contributed by atoms with van der Waals surface area (Å²) in [5, 5.41) is 0. The summed E-state index contributed by atoms with van der Waals surface area (Å²) in [7, 11) is 1.95. The molecule has 0 bridgehead atoms. The molecule has 0 unspecified atom stereocenters. The molecule has 2 rings (SSSR count). The van der Waals surface area contributed by atoms with Gasteiger partial charge in [-0.1, -0.05) is 0 Å². The number of nitrogens with zero attached hydrogens (tertiary/aromatic N) is 1. The first-order valence-electron chi connectivity index (χ1n) is 4.61. The zero-order chi connectivity index (χ0) is 9.59. The highest BCUT2D eigenvalue weighted by Gasteiger charge is 2.18. The van der Waals surface area contributed by atoms with Gasteiger partial charge in [0.1, 0.15) is 5.82 Å². The lowest BCUT2D eigenvalue weighted by Gasteiger charge is -2.12. The molecule has 1 aliphatic heterocycles. The Hall–Kier alpha value is -1.05. The van der Waals surface area contributed by atoms with Crippen molar-refractivity contribution in [3.8, 4) is 0 Å². The van der Waals surface area contributed by atoms with E-state index in [1.807, 2.05) is 11.9 Å². The molecule has 0 N–H and O–H groups in total. The number of hydrogen-bond acceptors (Lipinski definition) is 1. The quantitative estimate of drug-likeness (QED) is 0.570. The Balaban J connectivity index is 2.69. The van der Waals surface area contributed by atoms with Crippen molar-refractivity contribution in [2.24, 2.45) is 0 Å². The van der Waals surface area contributed by atoms with Gasteiger partial charge in [0, 0.05) is 19.3 Å². The van der Waals surface area contributed by atoms with Gasteiger partial charge in [0.05, 0.1) is 1.37 Å². The predicted molar refractivity (Wildman–Crippen MR) is 48.1 cm³/mol. The van der Waals surface area contributed by atoms with Crippen LogP contribution in [-0.4, -0.2) is 13.6 Å². The van der Waals surface area contributed by atoms with E-state index in [0.717, 1.165) is 24.2 Å². The molecule has 1 aromatic rings. The number of benzene rings is 1. The SMILES string of the molecule is [2H]c1cc(F)c(C)c2c1N(C)CC2. The Labute approximate surface area is 73.2 Å². The summed E-state index contributed by atoms with van der Waals surface area (Å²) in [5.74, 6) is -0.251. The van der Waals surface area contributed by atoms with Crippen molar-refractivity contribution in [1.29, 1.82) is 0 Å². The highest BCUT2D eigenvalue weighted by Crippen LogP contribution is 2.30. The third kappa shape index (κ3) is 0.909. The minimum Gasteiger partial charge on any atom is -0.374 e. The first kappa shape index (κ1) is 6.46. The van der Waals surface area contributed by atoms with E-state index >= 15 is 0 Å². The third-order valence-electron chi connectivity index (χ3n) is 2.51. The summed E-state index contributed by atoms with van der Waals surface area (Å²) in [5.41, 5.74) is 2.61. The van der Waals surface area contributed by atoms with Crippen LogP contribution in [0, 0.1) is 12.7 Å². The molecule has 0 atom stereocenters. The fraction of sp³-hybridized carbons (Fsp3) is 0.400. The average Bonchev–Trinajstić information content (AvgIpc) is 2.44.